The van der Waals surface area contributed by atoms with Crippen molar-refractivity contribution < 1.29 is 0 Å². The summed E-state index contributed by atoms with van der Waals surface area (Å²) in [5, 5.41) is 0. The van der Waals surface area contributed by atoms with Crippen molar-refractivity contribution >= 4 is 15.9 Å². The Balaban J connectivity index is 2.63. The largest absolute Gasteiger partial charge is 0.0605 e. The van der Waals surface area contributed by atoms with Gasteiger partial charge in [0, 0.05) is 4.47 Å². The van der Waals surface area contributed by atoms with Gasteiger partial charge in [0.1, 0.15) is 0 Å². The van der Waals surface area contributed by atoms with Crippen LogP contribution in [0.1, 0.15) is 16.7 Å². The third-order valence-corrected chi connectivity index (χ3v) is 3.80. The second-order valence-corrected chi connectivity index (χ2v) is 5.09. The van der Waals surface area contributed by atoms with Crippen LogP contribution in [0.25, 0.3) is 11.1 Å². The number of halogens is 1. The van der Waals surface area contributed by atoms with Crippen LogP contribution in [-0.4, -0.2) is 0 Å². The summed E-state index contributed by atoms with van der Waals surface area (Å²) < 4.78 is 1.17. The van der Waals surface area contributed by atoms with E-state index in [1.165, 1.54) is 32.3 Å². The molecule has 0 nitrogen and oxygen atoms in total. The van der Waals surface area contributed by atoms with Crippen LogP contribution in [0.4, 0.5) is 0 Å². The summed E-state index contributed by atoms with van der Waals surface area (Å²) in [5.74, 6) is 0. The molecule has 0 N–H and O–H groups in total. The summed E-state index contributed by atoms with van der Waals surface area (Å²) in [4.78, 5) is 0. The van der Waals surface area contributed by atoms with Crippen molar-refractivity contribution in [1.29, 1.82) is 0 Å². The minimum absolute atomic E-state index is 1.17. The number of hydrogen-bond donors (Lipinski definition) is 0. The molecule has 2 aromatic rings. The lowest BCUT2D eigenvalue weighted by molar-refractivity contribution is 1.35. The molecule has 0 spiro atoms. The topological polar surface area (TPSA) is 0 Å². The molecular formula is C15H15Br. The van der Waals surface area contributed by atoms with E-state index in [0.29, 0.717) is 0 Å². The Morgan fingerprint density at radius 1 is 0.875 bits per heavy atom. The van der Waals surface area contributed by atoms with Crippen LogP contribution in [0, 0.1) is 20.8 Å². The van der Waals surface area contributed by atoms with Gasteiger partial charge in [0.25, 0.3) is 0 Å². The van der Waals surface area contributed by atoms with Gasteiger partial charge in [-0.1, -0.05) is 51.8 Å². The average molecular weight is 275 g/mol. The minimum atomic E-state index is 1.17. The highest BCUT2D eigenvalue weighted by molar-refractivity contribution is 9.10. The first-order chi connectivity index (χ1) is 7.59. The molecule has 0 aliphatic carbocycles. The Morgan fingerprint density at radius 3 is 2.31 bits per heavy atom. The van der Waals surface area contributed by atoms with Crippen LogP contribution < -0.4 is 0 Å². The van der Waals surface area contributed by atoms with Gasteiger partial charge in [-0.2, -0.15) is 0 Å². The molecule has 0 aromatic heterocycles. The van der Waals surface area contributed by atoms with Crippen molar-refractivity contribution in [2.24, 2.45) is 0 Å². The van der Waals surface area contributed by atoms with E-state index in [1.54, 1.807) is 0 Å². The highest BCUT2D eigenvalue weighted by Gasteiger charge is 2.06. The fourth-order valence-corrected chi connectivity index (χ4v) is 2.38. The lowest BCUT2D eigenvalue weighted by Crippen LogP contribution is -1.88. The van der Waals surface area contributed by atoms with Crippen molar-refractivity contribution in [3.05, 3.63) is 57.6 Å². The molecule has 0 aliphatic heterocycles. The van der Waals surface area contributed by atoms with Gasteiger partial charge in [0.2, 0.25) is 0 Å². The second-order valence-electron chi connectivity index (χ2n) is 4.23. The van der Waals surface area contributed by atoms with Gasteiger partial charge in [-0.05, 0) is 49.1 Å². The first-order valence-electron chi connectivity index (χ1n) is 5.42. The Labute approximate surface area is 105 Å². The van der Waals surface area contributed by atoms with Gasteiger partial charge >= 0.3 is 0 Å². The van der Waals surface area contributed by atoms with Gasteiger partial charge in [-0.25, -0.2) is 0 Å². The molecule has 0 saturated heterocycles. The second kappa shape index (κ2) is 4.42. The summed E-state index contributed by atoms with van der Waals surface area (Å²) in [7, 11) is 0. The molecule has 0 unspecified atom stereocenters. The van der Waals surface area contributed by atoms with Crippen LogP contribution in [0.2, 0.25) is 0 Å². The van der Waals surface area contributed by atoms with E-state index in [1.807, 2.05) is 0 Å². The fraction of sp³-hybridized carbons (Fsp3) is 0.200. The quantitative estimate of drug-likeness (QED) is 0.683. The van der Waals surface area contributed by atoms with E-state index < -0.39 is 0 Å². The zero-order valence-electron chi connectivity index (χ0n) is 9.84. The zero-order chi connectivity index (χ0) is 11.7. The van der Waals surface area contributed by atoms with Crippen LogP contribution in [0.3, 0.4) is 0 Å². The summed E-state index contributed by atoms with van der Waals surface area (Å²) in [6.07, 6.45) is 0. The van der Waals surface area contributed by atoms with E-state index >= 15 is 0 Å². The van der Waals surface area contributed by atoms with Crippen molar-refractivity contribution in [2.45, 2.75) is 20.8 Å². The highest BCUT2D eigenvalue weighted by Crippen LogP contribution is 2.30. The molecule has 0 amide bonds. The third kappa shape index (κ3) is 2.05. The molecular weight excluding hydrogens is 260 g/mol. The maximum absolute atomic E-state index is 3.58. The van der Waals surface area contributed by atoms with Crippen molar-refractivity contribution in [1.82, 2.24) is 0 Å². The molecule has 0 heterocycles. The van der Waals surface area contributed by atoms with E-state index in [-0.39, 0.29) is 0 Å². The first-order valence-corrected chi connectivity index (χ1v) is 6.21. The molecule has 0 radical (unpaired) electrons. The normalized spacial score (nSPS) is 10.5. The summed E-state index contributed by atoms with van der Waals surface area (Å²) in [6, 6.07) is 13.0. The van der Waals surface area contributed by atoms with Crippen LogP contribution >= 0.6 is 15.9 Å². The van der Waals surface area contributed by atoms with Crippen molar-refractivity contribution in [3.63, 3.8) is 0 Å². The smallest absolute Gasteiger partial charge is 0.0210 e. The lowest BCUT2D eigenvalue weighted by atomic mass is 9.95. The number of benzene rings is 2. The maximum atomic E-state index is 3.58. The van der Waals surface area contributed by atoms with Crippen molar-refractivity contribution in [2.75, 3.05) is 0 Å². The van der Waals surface area contributed by atoms with Crippen LogP contribution in [0.5, 0.6) is 0 Å². The van der Waals surface area contributed by atoms with E-state index in [0.717, 1.165) is 0 Å². The van der Waals surface area contributed by atoms with E-state index in [4.69, 9.17) is 0 Å². The Morgan fingerprint density at radius 2 is 1.62 bits per heavy atom. The molecule has 0 saturated carbocycles. The Bertz CT molecular complexity index is 527. The number of aryl methyl sites for hydroxylation is 2. The molecule has 0 aliphatic rings. The fourth-order valence-electron chi connectivity index (χ4n) is 2.02. The molecule has 0 atom stereocenters. The maximum Gasteiger partial charge on any atom is 0.0210 e. The molecule has 2 aromatic carbocycles. The number of hydrogen-bond acceptors (Lipinski definition) is 0. The molecule has 82 valence electrons. The molecule has 2 rings (SSSR count). The third-order valence-electron chi connectivity index (χ3n) is 2.94. The minimum Gasteiger partial charge on any atom is -0.0605 e. The summed E-state index contributed by atoms with van der Waals surface area (Å²) in [5.41, 5.74) is 6.58. The Kier molecular flexibility index (Phi) is 3.15. The van der Waals surface area contributed by atoms with Crippen molar-refractivity contribution in [3.8, 4) is 11.1 Å². The summed E-state index contributed by atoms with van der Waals surface area (Å²) >= 11 is 3.58. The standard InChI is InChI=1S/C15H15Br/c1-10-7-8-13(11(2)9-10)14-5-4-6-15(16)12(14)3/h4-9H,1-3H3. The van der Waals surface area contributed by atoms with Gasteiger partial charge in [-0.15, -0.1) is 0 Å². The Hall–Kier alpha value is -1.08. The molecule has 16 heavy (non-hydrogen) atoms. The van der Waals surface area contributed by atoms with E-state index in [9.17, 15) is 0 Å². The van der Waals surface area contributed by atoms with Gasteiger partial charge in [0.05, 0.1) is 0 Å². The van der Waals surface area contributed by atoms with E-state index in [2.05, 4.69) is 73.1 Å². The molecule has 0 fully saturated rings. The van der Waals surface area contributed by atoms with Crippen LogP contribution in [0.15, 0.2) is 40.9 Å². The van der Waals surface area contributed by atoms with Gasteiger partial charge < -0.3 is 0 Å². The molecule has 0 bridgehead atoms. The van der Waals surface area contributed by atoms with Crippen LogP contribution in [-0.2, 0) is 0 Å². The monoisotopic (exact) mass is 274 g/mol. The number of rotatable bonds is 1. The molecule has 1 heteroatoms. The average Bonchev–Trinajstić information content (AvgIpc) is 2.23. The highest BCUT2D eigenvalue weighted by atomic mass is 79.9. The van der Waals surface area contributed by atoms with Gasteiger partial charge in [-0.3, -0.25) is 0 Å². The first kappa shape index (κ1) is 11.4. The SMILES string of the molecule is Cc1ccc(-c2cccc(Br)c2C)c(C)c1. The predicted molar refractivity (Wildman–Crippen MR) is 73.8 cm³/mol. The van der Waals surface area contributed by atoms with Gasteiger partial charge in [0.15, 0.2) is 0 Å². The lowest BCUT2D eigenvalue weighted by Gasteiger charge is -2.11. The summed E-state index contributed by atoms with van der Waals surface area (Å²) in [6.45, 7) is 6.45. The predicted octanol–water partition coefficient (Wildman–Crippen LogP) is 5.04. The zero-order valence-corrected chi connectivity index (χ0v) is 11.4.